The van der Waals surface area contributed by atoms with Crippen LogP contribution < -0.4 is 4.90 Å². The minimum atomic E-state index is -1.28. The molecule has 0 aliphatic carbocycles. The first-order valence-electron chi connectivity index (χ1n) is 5.86. The zero-order valence-corrected chi connectivity index (χ0v) is 11.2. The fourth-order valence-electron chi connectivity index (χ4n) is 2.18. The van der Waals surface area contributed by atoms with Gasteiger partial charge in [0.25, 0.3) is 11.8 Å². The van der Waals surface area contributed by atoms with E-state index < -0.39 is 17.8 Å². The van der Waals surface area contributed by atoms with Crippen molar-refractivity contribution in [2.75, 3.05) is 4.90 Å². The summed E-state index contributed by atoms with van der Waals surface area (Å²) < 4.78 is 0. The molecule has 1 aromatic heterocycles. The number of carbonyl (C=O) groups excluding carboxylic acids is 2. The fourth-order valence-corrected chi connectivity index (χ4v) is 2.35. The van der Waals surface area contributed by atoms with Crippen molar-refractivity contribution in [1.29, 1.82) is 0 Å². The summed E-state index contributed by atoms with van der Waals surface area (Å²) in [6, 6.07) is 5.37. The van der Waals surface area contributed by atoms with Crippen molar-refractivity contribution < 1.29 is 19.5 Å². The minimum Gasteiger partial charge on any atom is -0.478 e. The molecule has 0 bridgehead atoms. The summed E-state index contributed by atoms with van der Waals surface area (Å²) in [5, 5.41) is 9.42. The number of anilines is 1. The molecule has 7 heteroatoms. The van der Waals surface area contributed by atoms with E-state index in [2.05, 4.69) is 4.98 Å². The van der Waals surface area contributed by atoms with Crippen molar-refractivity contribution in [3.63, 3.8) is 0 Å². The van der Waals surface area contributed by atoms with Crippen LogP contribution in [0.4, 0.5) is 5.69 Å². The van der Waals surface area contributed by atoms with Crippen molar-refractivity contribution in [1.82, 2.24) is 4.98 Å². The standard InChI is InChI=1S/C14H7ClN2O4/c15-7-1-2-11(9(5-7)14(20)21)17-12(18)8-3-4-16-6-10(8)13(17)19/h1-6H,(H,20,21). The molecule has 2 aromatic rings. The predicted molar refractivity (Wildman–Crippen MR) is 73.8 cm³/mol. The number of aromatic carboxylic acids is 1. The first-order valence-corrected chi connectivity index (χ1v) is 6.24. The maximum absolute atomic E-state index is 12.3. The number of halogens is 1. The molecule has 0 radical (unpaired) electrons. The van der Waals surface area contributed by atoms with Crippen LogP contribution in [0.2, 0.25) is 5.02 Å². The van der Waals surface area contributed by atoms with Crippen LogP contribution in [0.25, 0.3) is 0 Å². The molecule has 3 rings (SSSR count). The third-order valence-electron chi connectivity index (χ3n) is 3.12. The highest BCUT2D eigenvalue weighted by Gasteiger charge is 2.38. The minimum absolute atomic E-state index is 0.0156. The van der Waals surface area contributed by atoms with E-state index in [1.807, 2.05) is 0 Å². The number of hydrogen-bond donors (Lipinski definition) is 1. The van der Waals surface area contributed by atoms with Gasteiger partial charge in [0, 0.05) is 17.4 Å². The lowest BCUT2D eigenvalue weighted by molar-refractivity contribution is 0.0698. The number of imide groups is 1. The summed E-state index contributed by atoms with van der Waals surface area (Å²) in [4.78, 5) is 40.6. The number of carbonyl (C=O) groups is 3. The lowest BCUT2D eigenvalue weighted by atomic mass is 10.1. The summed E-state index contributed by atoms with van der Waals surface area (Å²) in [6.07, 6.45) is 2.68. The van der Waals surface area contributed by atoms with E-state index in [-0.39, 0.29) is 27.4 Å². The molecule has 1 aliphatic rings. The number of aromatic nitrogens is 1. The van der Waals surface area contributed by atoms with Crippen molar-refractivity contribution in [2.24, 2.45) is 0 Å². The molecular weight excluding hydrogens is 296 g/mol. The third-order valence-corrected chi connectivity index (χ3v) is 3.35. The van der Waals surface area contributed by atoms with E-state index in [1.54, 1.807) is 0 Å². The zero-order chi connectivity index (χ0) is 15.1. The van der Waals surface area contributed by atoms with Crippen LogP contribution in [-0.4, -0.2) is 27.9 Å². The Morgan fingerprint density at radius 1 is 1.14 bits per heavy atom. The van der Waals surface area contributed by atoms with Crippen LogP contribution in [-0.2, 0) is 0 Å². The predicted octanol–water partition coefficient (Wildman–Crippen LogP) is 2.23. The van der Waals surface area contributed by atoms with Gasteiger partial charge in [0.15, 0.2) is 0 Å². The second kappa shape index (κ2) is 4.68. The van der Waals surface area contributed by atoms with Crippen LogP contribution in [0.3, 0.4) is 0 Å². The molecule has 6 nitrogen and oxygen atoms in total. The van der Waals surface area contributed by atoms with Crippen molar-refractivity contribution >= 4 is 35.1 Å². The molecule has 0 spiro atoms. The zero-order valence-electron chi connectivity index (χ0n) is 10.4. The molecule has 0 unspecified atom stereocenters. The highest BCUT2D eigenvalue weighted by atomic mass is 35.5. The molecule has 1 aromatic carbocycles. The second-order valence-corrected chi connectivity index (χ2v) is 4.77. The quantitative estimate of drug-likeness (QED) is 0.860. The average molecular weight is 303 g/mol. The monoisotopic (exact) mass is 302 g/mol. The van der Waals surface area contributed by atoms with E-state index >= 15 is 0 Å². The number of carboxylic acid groups (broad SMARTS) is 1. The smallest absolute Gasteiger partial charge is 0.337 e. The number of hydrogen-bond acceptors (Lipinski definition) is 4. The van der Waals surface area contributed by atoms with Gasteiger partial charge >= 0.3 is 5.97 Å². The number of benzene rings is 1. The maximum atomic E-state index is 12.3. The van der Waals surface area contributed by atoms with Crippen LogP contribution in [0.5, 0.6) is 0 Å². The van der Waals surface area contributed by atoms with Crippen LogP contribution in [0.15, 0.2) is 36.7 Å². The van der Waals surface area contributed by atoms with E-state index in [4.69, 9.17) is 11.6 Å². The van der Waals surface area contributed by atoms with Crippen molar-refractivity contribution in [2.45, 2.75) is 0 Å². The van der Waals surface area contributed by atoms with E-state index in [1.165, 1.54) is 36.7 Å². The van der Waals surface area contributed by atoms with E-state index in [0.717, 1.165) is 4.90 Å². The molecule has 21 heavy (non-hydrogen) atoms. The molecular formula is C14H7ClN2O4. The summed E-state index contributed by atoms with van der Waals surface area (Å²) in [5.74, 6) is -2.46. The van der Waals surface area contributed by atoms with Gasteiger partial charge in [0.2, 0.25) is 0 Å². The molecule has 1 N–H and O–H groups in total. The van der Waals surface area contributed by atoms with Gasteiger partial charge in [-0.1, -0.05) is 11.6 Å². The lowest BCUT2D eigenvalue weighted by Gasteiger charge is -2.16. The number of rotatable bonds is 2. The molecule has 0 saturated carbocycles. The Balaban J connectivity index is 2.18. The number of pyridine rings is 1. The van der Waals surface area contributed by atoms with Gasteiger partial charge < -0.3 is 5.11 Å². The molecule has 1 aliphatic heterocycles. The molecule has 2 heterocycles. The Bertz CT molecular complexity index is 768. The molecule has 104 valence electrons. The van der Waals surface area contributed by atoms with Crippen LogP contribution in [0, 0.1) is 0 Å². The normalized spacial score (nSPS) is 13.5. The van der Waals surface area contributed by atoms with Crippen LogP contribution >= 0.6 is 11.6 Å². The Hall–Kier alpha value is -2.73. The second-order valence-electron chi connectivity index (χ2n) is 4.33. The Morgan fingerprint density at radius 3 is 2.52 bits per heavy atom. The maximum Gasteiger partial charge on any atom is 0.337 e. The summed E-state index contributed by atoms with van der Waals surface area (Å²) in [5.41, 5.74) is 0.109. The van der Waals surface area contributed by atoms with E-state index in [9.17, 15) is 19.5 Å². The van der Waals surface area contributed by atoms with Gasteiger partial charge in [0.1, 0.15) is 0 Å². The van der Waals surface area contributed by atoms with Gasteiger partial charge in [-0.15, -0.1) is 0 Å². The Morgan fingerprint density at radius 2 is 1.86 bits per heavy atom. The van der Waals surface area contributed by atoms with Gasteiger partial charge in [-0.3, -0.25) is 14.6 Å². The summed E-state index contributed by atoms with van der Waals surface area (Å²) in [7, 11) is 0. The molecule has 0 fully saturated rings. The topological polar surface area (TPSA) is 87.6 Å². The first kappa shape index (κ1) is 13.3. The van der Waals surface area contributed by atoms with Gasteiger partial charge in [-0.25, -0.2) is 9.69 Å². The van der Waals surface area contributed by atoms with Crippen molar-refractivity contribution in [3.8, 4) is 0 Å². The fraction of sp³-hybridized carbons (Fsp3) is 0. The van der Waals surface area contributed by atoms with Gasteiger partial charge in [-0.2, -0.15) is 0 Å². The van der Waals surface area contributed by atoms with Crippen molar-refractivity contribution in [3.05, 3.63) is 58.4 Å². The Labute approximate surface area is 123 Å². The van der Waals surface area contributed by atoms with E-state index in [0.29, 0.717) is 0 Å². The molecule has 2 amide bonds. The summed E-state index contributed by atoms with van der Waals surface area (Å²) in [6.45, 7) is 0. The molecule has 0 atom stereocenters. The van der Waals surface area contributed by atoms with Gasteiger partial charge in [-0.05, 0) is 24.3 Å². The number of nitrogens with zero attached hydrogens (tertiary/aromatic N) is 2. The van der Waals surface area contributed by atoms with Gasteiger partial charge in [0.05, 0.1) is 22.4 Å². The number of fused-ring (bicyclic) bond motifs is 1. The largest absolute Gasteiger partial charge is 0.478 e. The molecule has 0 saturated heterocycles. The first-order chi connectivity index (χ1) is 10.0. The highest BCUT2D eigenvalue weighted by Crippen LogP contribution is 2.31. The average Bonchev–Trinajstić information content (AvgIpc) is 2.72. The Kier molecular flexibility index (Phi) is 2.95. The number of amides is 2. The third kappa shape index (κ3) is 1.96. The highest BCUT2D eigenvalue weighted by molar-refractivity contribution is 6.36. The lowest BCUT2D eigenvalue weighted by Crippen LogP contribution is -2.30. The SMILES string of the molecule is O=C(O)c1cc(Cl)ccc1N1C(=O)c2ccncc2C1=O. The van der Waals surface area contributed by atoms with Crippen LogP contribution in [0.1, 0.15) is 31.1 Å². The number of carboxylic acids is 1. The summed E-state index contributed by atoms with van der Waals surface area (Å²) >= 11 is 5.77.